The van der Waals surface area contributed by atoms with E-state index < -0.39 is 0 Å². The summed E-state index contributed by atoms with van der Waals surface area (Å²) in [5.74, 6) is -0.249. The van der Waals surface area contributed by atoms with E-state index in [1.165, 1.54) is 0 Å². The molecule has 0 aliphatic carbocycles. The predicted octanol–water partition coefficient (Wildman–Crippen LogP) is 4.83. The van der Waals surface area contributed by atoms with E-state index in [1.807, 2.05) is 61.0 Å². The molecule has 27 heavy (non-hydrogen) atoms. The fourth-order valence-corrected chi connectivity index (χ4v) is 4.18. The number of benzene rings is 2. The lowest BCUT2D eigenvalue weighted by Crippen LogP contribution is -2.01. The Hall–Kier alpha value is -2.44. The van der Waals surface area contributed by atoms with Crippen LogP contribution in [0.1, 0.15) is 21.5 Å². The van der Waals surface area contributed by atoms with Crippen molar-refractivity contribution in [2.75, 3.05) is 12.5 Å². The van der Waals surface area contributed by atoms with E-state index in [1.54, 1.807) is 35.1 Å². The van der Waals surface area contributed by atoms with Gasteiger partial charge in [0, 0.05) is 22.4 Å². The molecule has 0 spiro atoms. The first-order chi connectivity index (χ1) is 13.0. The van der Waals surface area contributed by atoms with Crippen molar-refractivity contribution in [3.63, 3.8) is 0 Å². The molecule has 1 N–H and O–H groups in total. The fraction of sp³-hybridized carbons (Fsp3) is 0.143. The smallest absolute Gasteiger partial charge is 0.280 e. The Labute approximate surface area is 166 Å². The van der Waals surface area contributed by atoms with Gasteiger partial charge >= 0.3 is 0 Å². The molecule has 0 fully saturated rings. The van der Waals surface area contributed by atoms with Gasteiger partial charge in [0.05, 0.1) is 22.5 Å². The molecule has 2 heterocycles. The predicted molar refractivity (Wildman–Crippen MR) is 112 cm³/mol. The zero-order chi connectivity index (χ0) is 19.1. The molecule has 0 atom stereocenters. The first-order valence-corrected chi connectivity index (χ1v) is 10.8. The fourth-order valence-electron chi connectivity index (χ4n) is 3.36. The Morgan fingerprint density at radius 3 is 1.89 bits per heavy atom. The zero-order valence-corrected chi connectivity index (χ0v) is 16.8. The molecule has 4 nitrogen and oxygen atoms in total. The van der Waals surface area contributed by atoms with Crippen LogP contribution >= 0.6 is 23.5 Å². The maximum atomic E-state index is 12.7. The number of rotatable bonds is 4. The standard InChI is InChI=1S/C21H18N2O2S2/c1-23-19(13-6-10-15(27-3)11-7-13)17-16(21(23)25)18(22-20(17)24)12-4-8-14(26-2)9-5-12/h4-11,25H,1-3H3. The summed E-state index contributed by atoms with van der Waals surface area (Å²) in [6.45, 7) is 0. The Kier molecular flexibility index (Phi) is 4.61. The van der Waals surface area contributed by atoms with Crippen molar-refractivity contribution in [1.29, 1.82) is 0 Å². The molecule has 4 rings (SSSR count). The van der Waals surface area contributed by atoms with Crippen LogP contribution in [-0.4, -0.2) is 33.8 Å². The molecule has 1 amide bonds. The third-order valence-corrected chi connectivity index (χ3v) is 6.24. The summed E-state index contributed by atoms with van der Waals surface area (Å²) in [7, 11) is 1.77. The van der Waals surface area contributed by atoms with Crippen molar-refractivity contribution in [2.45, 2.75) is 9.79 Å². The molecule has 0 saturated heterocycles. The molecule has 3 aromatic rings. The normalized spacial score (nSPS) is 13.0. The number of aliphatic imine (C=N–C) groups is 1. The van der Waals surface area contributed by atoms with E-state index >= 15 is 0 Å². The van der Waals surface area contributed by atoms with Gasteiger partial charge in [-0.1, -0.05) is 24.3 Å². The van der Waals surface area contributed by atoms with Crippen LogP contribution in [0.3, 0.4) is 0 Å². The number of thioether (sulfide) groups is 2. The SMILES string of the molecule is CSc1ccc(C2=NC(=O)c3c2c(O)n(C)c3-c2ccc(SC)cc2)cc1. The number of aromatic nitrogens is 1. The van der Waals surface area contributed by atoms with Gasteiger partial charge in [0.25, 0.3) is 5.91 Å². The third kappa shape index (κ3) is 2.89. The van der Waals surface area contributed by atoms with E-state index in [9.17, 15) is 9.90 Å². The number of amides is 1. The summed E-state index contributed by atoms with van der Waals surface area (Å²) in [5, 5.41) is 10.8. The molecular formula is C21H18N2O2S2. The Morgan fingerprint density at radius 1 is 0.852 bits per heavy atom. The van der Waals surface area contributed by atoms with Crippen molar-refractivity contribution < 1.29 is 9.90 Å². The van der Waals surface area contributed by atoms with Crippen LogP contribution in [0.5, 0.6) is 5.88 Å². The number of nitrogens with zero attached hydrogens (tertiary/aromatic N) is 2. The number of aromatic hydroxyl groups is 1. The van der Waals surface area contributed by atoms with Gasteiger partial charge in [-0.3, -0.25) is 4.79 Å². The van der Waals surface area contributed by atoms with Crippen molar-refractivity contribution >= 4 is 35.1 Å². The highest BCUT2D eigenvalue weighted by Gasteiger charge is 2.35. The van der Waals surface area contributed by atoms with Gasteiger partial charge in [-0.15, -0.1) is 23.5 Å². The Balaban J connectivity index is 1.86. The monoisotopic (exact) mass is 394 g/mol. The second kappa shape index (κ2) is 6.94. The largest absolute Gasteiger partial charge is 0.494 e. The quantitative estimate of drug-likeness (QED) is 0.644. The average Bonchev–Trinajstić information content (AvgIpc) is 3.17. The van der Waals surface area contributed by atoms with Crippen LogP contribution in [-0.2, 0) is 7.05 Å². The van der Waals surface area contributed by atoms with E-state index in [4.69, 9.17) is 0 Å². The Bertz CT molecular complexity index is 1070. The lowest BCUT2D eigenvalue weighted by Gasteiger charge is -2.07. The van der Waals surface area contributed by atoms with Crippen LogP contribution in [0.4, 0.5) is 0 Å². The van der Waals surface area contributed by atoms with Crippen LogP contribution < -0.4 is 0 Å². The summed E-state index contributed by atoms with van der Waals surface area (Å²) >= 11 is 3.32. The van der Waals surface area contributed by atoms with Crippen LogP contribution in [0.25, 0.3) is 11.3 Å². The van der Waals surface area contributed by atoms with Crippen molar-refractivity contribution in [3.05, 3.63) is 65.2 Å². The number of fused-ring (bicyclic) bond motifs is 1. The summed E-state index contributed by atoms with van der Waals surface area (Å²) < 4.78 is 1.67. The maximum Gasteiger partial charge on any atom is 0.280 e. The summed E-state index contributed by atoms with van der Waals surface area (Å²) in [5.41, 5.74) is 3.92. The van der Waals surface area contributed by atoms with Crippen molar-refractivity contribution in [2.24, 2.45) is 12.0 Å². The molecule has 0 unspecified atom stereocenters. The molecule has 1 aliphatic rings. The number of hydrogen-bond acceptors (Lipinski definition) is 4. The molecule has 1 aliphatic heterocycles. The maximum absolute atomic E-state index is 12.7. The van der Waals surface area contributed by atoms with Crippen LogP contribution in [0.2, 0.25) is 0 Å². The second-order valence-corrected chi connectivity index (χ2v) is 7.96. The van der Waals surface area contributed by atoms with Gasteiger partial charge in [0.2, 0.25) is 5.88 Å². The zero-order valence-electron chi connectivity index (χ0n) is 15.2. The molecule has 136 valence electrons. The number of carbonyl (C=O) groups excluding carboxylic acids is 1. The molecule has 0 bridgehead atoms. The highest BCUT2D eigenvalue weighted by Crippen LogP contribution is 2.40. The van der Waals surface area contributed by atoms with Crippen molar-refractivity contribution in [3.8, 4) is 17.1 Å². The lowest BCUT2D eigenvalue weighted by molar-refractivity contribution is 0.101. The number of hydrogen-bond donors (Lipinski definition) is 1. The minimum Gasteiger partial charge on any atom is -0.494 e. The molecular weight excluding hydrogens is 376 g/mol. The minimum absolute atomic E-state index is 0.0625. The molecule has 2 aromatic carbocycles. The van der Waals surface area contributed by atoms with Gasteiger partial charge in [-0.25, -0.2) is 4.99 Å². The average molecular weight is 395 g/mol. The topological polar surface area (TPSA) is 54.6 Å². The molecule has 1 aromatic heterocycles. The van der Waals surface area contributed by atoms with E-state index in [0.29, 0.717) is 22.5 Å². The van der Waals surface area contributed by atoms with Gasteiger partial charge < -0.3 is 9.67 Å². The van der Waals surface area contributed by atoms with E-state index in [-0.39, 0.29) is 11.8 Å². The first kappa shape index (κ1) is 17.9. The highest BCUT2D eigenvalue weighted by molar-refractivity contribution is 7.98. The van der Waals surface area contributed by atoms with Crippen LogP contribution in [0.15, 0.2) is 63.3 Å². The van der Waals surface area contributed by atoms with Crippen LogP contribution in [0, 0.1) is 0 Å². The summed E-state index contributed by atoms with van der Waals surface area (Å²) in [6, 6.07) is 15.8. The highest BCUT2D eigenvalue weighted by atomic mass is 32.2. The second-order valence-electron chi connectivity index (χ2n) is 6.20. The Morgan fingerprint density at radius 2 is 1.37 bits per heavy atom. The molecule has 6 heteroatoms. The third-order valence-electron chi connectivity index (χ3n) is 4.75. The van der Waals surface area contributed by atoms with Crippen molar-refractivity contribution in [1.82, 2.24) is 4.57 Å². The van der Waals surface area contributed by atoms with Gasteiger partial charge in [0.1, 0.15) is 0 Å². The van der Waals surface area contributed by atoms with Gasteiger partial charge in [0.15, 0.2) is 0 Å². The van der Waals surface area contributed by atoms with E-state index in [2.05, 4.69) is 4.99 Å². The van der Waals surface area contributed by atoms with E-state index in [0.717, 1.165) is 20.9 Å². The van der Waals surface area contributed by atoms with Gasteiger partial charge in [-0.2, -0.15) is 0 Å². The molecule has 0 radical (unpaired) electrons. The minimum atomic E-state index is -0.311. The van der Waals surface area contributed by atoms with Gasteiger partial charge in [-0.05, 0) is 42.3 Å². The lowest BCUT2D eigenvalue weighted by atomic mass is 10.0. The first-order valence-electron chi connectivity index (χ1n) is 8.39. The summed E-state index contributed by atoms with van der Waals surface area (Å²) in [4.78, 5) is 19.3. The molecule has 0 saturated carbocycles. The number of carbonyl (C=O) groups is 1. The summed E-state index contributed by atoms with van der Waals surface area (Å²) in [6.07, 6.45) is 4.04.